The van der Waals surface area contributed by atoms with Gasteiger partial charge in [-0.25, -0.2) is 0 Å². The lowest BCUT2D eigenvalue weighted by molar-refractivity contribution is 0.660. The Morgan fingerprint density at radius 3 is 2.52 bits per heavy atom. The topological polar surface area (TPSA) is 0 Å². The highest BCUT2D eigenvalue weighted by molar-refractivity contribution is 14.1. The third-order valence-corrected chi connectivity index (χ3v) is 6.08. The van der Waals surface area contributed by atoms with Crippen LogP contribution in [0.25, 0.3) is 21.9 Å². The predicted octanol–water partition coefficient (Wildman–Crippen LogP) is 6.51. The van der Waals surface area contributed by atoms with Gasteiger partial charge in [-0.15, -0.1) is 0 Å². The summed E-state index contributed by atoms with van der Waals surface area (Å²) < 4.78 is 2.52. The Labute approximate surface area is 146 Å². The molecule has 3 aromatic rings. The molecular formula is C19H14BrI. The van der Waals surface area contributed by atoms with Gasteiger partial charge in [-0.3, -0.25) is 0 Å². The first-order valence-corrected chi connectivity index (χ1v) is 8.89. The third-order valence-electron chi connectivity index (χ3n) is 4.58. The molecule has 0 saturated carbocycles. The molecule has 0 N–H and O–H groups in total. The Kier molecular flexibility index (Phi) is 2.99. The Hall–Kier alpha value is -0.870. The van der Waals surface area contributed by atoms with Crippen LogP contribution in [-0.4, -0.2) is 0 Å². The van der Waals surface area contributed by atoms with E-state index in [1.54, 1.807) is 0 Å². The van der Waals surface area contributed by atoms with Crippen LogP contribution >= 0.6 is 38.5 Å². The fraction of sp³-hybridized carbons (Fsp3) is 0.158. The predicted molar refractivity (Wildman–Crippen MR) is 102 cm³/mol. The summed E-state index contributed by atoms with van der Waals surface area (Å²) in [7, 11) is 0. The quantitative estimate of drug-likeness (QED) is 0.343. The summed E-state index contributed by atoms with van der Waals surface area (Å²) in [5, 5.41) is 2.59. The highest BCUT2D eigenvalue weighted by Crippen LogP contribution is 2.53. The van der Waals surface area contributed by atoms with Crippen molar-refractivity contribution in [2.75, 3.05) is 0 Å². The minimum absolute atomic E-state index is 0.0540. The number of hydrogen-bond acceptors (Lipinski definition) is 0. The normalized spacial score (nSPS) is 15.0. The summed E-state index contributed by atoms with van der Waals surface area (Å²) in [4.78, 5) is 0. The second-order valence-corrected chi connectivity index (χ2v) is 8.19. The third kappa shape index (κ3) is 1.85. The van der Waals surface area contributed by atoms with Gasteiger partial charge in [0.15, 0.2) is 0 Å². The maximum Gasteiger partial charge on any atom is 0.0335 e. The van der Waals surface area contributed by atoms with Crippen molar-refractivity contribution in [1.29, 1.82) is 0 Å². The van der Waals surface area contributed by atoms with Crippen LogP contribution < -0.4 is 0 Å². The minimum Gasteiger partial charge on any atom is -0.0616 e. The first kappa shape index (κ1) is 13.8. The van der Waals surface area contributed by atoms with Gasteiger partial charge < -0.3 is 0 Å². The number of hydrogen-bond donors (Lipinski definition) is 0. The molecule has 0 bridgehead atoms. The second-order valence-electron chi connectivity index (χ2n) is 6.15. The van der Waals surface area contributed by atoms with Gasteiger partial charge in [0.05, 0.1) is 0 Å². The van der Waals surface area contributed by atoms with Crippen molar-refractivity contribution in [2.24, 2.45) is 0 Å². The van der Waals surface area contributed by atoms with Gasteiger partial charge in [0.2, 0.25) is 0 Å². The van der Waals surface area contributed by atoms with E-state index in [0.29, 0.717) is 0 Å². The van der Waals surface area contributed by atoms with Gasteiger partial charge in [-0.05, 0) is 84.2 Å². The smallest absolute Gasteiger partial charge is 0.0335 e. The lowest BCUT2D eigenvalue weighted by atomic mass is 9.82. The standard InChI is InChI=1S/C19H14BrI/c1-19(2)15-10-12(21)7-8-14(15)17-16(19)9-11-5-3-4-6-13(11)18(17)20/h3-10H,1-2H3. The van der Waals surface area contributed by atoms with Crippen molar-refractivity contribution in [1.82, 2.24) is 0 Å². The van der Waals surface area contributed by atoms with E-state index in [1.165, 1.54) is 41.1 Å². The summed E-state index contributed by atoms with van der Waals surface area (Å²) in [5.41, 5.74) is 5.64. The number of rotatable bonds is 0. The van der Waals surface area contributed by atoms with Crippen molar-refractivity contribution in [3.8, 4) is 11.1 Å². The molecule has 0 amide bonds. The molecule has 0 spiro atoms. The first-order chi connectivity index (χ1) is 10.00. The molecule has 1 aliphatic carbocycles. The van der Waals surface area contributed by atoms with Gasteiger partial charge >= 0.3 is 0 Å². The highest BCUT2D eigenvalue weighted by Gasteiger charge is 2.37. The van der Waals surface area contributed by atoms with Crippen LogP contribution in [0.5, 0.6) is 0 Å². The molecule has 3 aromatic carbocycles. The monoisotopic (exact) mass is 448 g/mol. The van der Waals surface area contributed by atoms with E-state index in [1.807, 2.05) is 0 Å². The van der Waals surface area contributed by atoms with E-state index in [0.717, 1.165) is 0 Å². The molecule has 0 nitrogen and oxygen atoms in total. The molecule has 1 aliphatic rings. The van der Waals surface area contributed by atoms with Gasteiger partial charge in [-0.1, -0.05) is 44.2 Å². The Balaban J connectivity index is 2.18. The van der Waals surface area contributed by atoms with Crippen molar-refractivity contribution >= 4 is 49.3 Å². The zero-order valence-electron chi connectivity index (χ0n) is 11.9. The van der Waals surface area contributed by atoms with E-state index in [-0.39, 0.29) is 5.41 Å². The molecule has 0 radical (unpaired) electrons. The van der Waals surface area contributed by atoms with Gasteiger partial charge in [0.25, 0.3) is 0 Å². The number of halogens is 2. The lowest BCUT2D eigenvalue weighted by Gasteiger charge is -2.22. The average Bonchev–Trinajstić information content (AvgIpc) is 2.68. The molecule has 104 valence electrons. The average molecular weight is 449 g/mol. The van der Waals surface area contributed by atoms with E-state index in [9.17, 15) is 0 Å². The number of fused-ring (bicyclic) bond motifs is 4. The van der Waals surface area contributed by atoms with Crippen LogP contribution in [0.4, 0.5) is 0 Å². The van der Waals surface area contributed by atoms with Gasteiger partial charge in [-0.2, -0.15) is 0 Å². The van der Waals surface area contributed by atoms with Crippen molar-refractivity contribution in [3.63, 3.8) is 0 Å². The summed E-state index contributed by atoms with van der Waals surface area (Å²) in [6.07, 6.45) is 0. The first-order valence-electron chi connectivity index (χ1n) is 7.02. The van der Waals surface area contributed by atoms with Gasteiger partial charge in [0.1, 0.15) is 0 Å². The Morgan fingerprint density at radius 1 is 0.952 bits per heavy atom. The molecule has 2 heteroatoms. The molecule has 0 saturated heterocycles. The molecular weight excluding hydrogens is 435 g/mol. The summed E-state index contributed by atoms with van der Waals surface area (Å²) in [6, 6.07) is 17.8. The van der Waals surface area contributed by atoms with Crippen LogP contribution in [-0.2, 0) is 5.41 Å². The summed E-state index contributed by atoms with van der Waals surface area (Å²) in [5.74, 6) is 0. The van der Waals surface area contributed by atoms with Crippen LogP contribution in [0.1, 0.15) is 25.0 Å². The van der Waals surface area contributed by atoms with Crippen LogP contribution in [0.15, 0.2) is 53.0 Å². The maximum absolute atomic E-state index is 3.87. The largest absolute Gasteiger partial charge is 0.0616 e. The molecule has 4 rings (SSSR count). The highest BCUT2D eigenvalue weighted by atomic mass is 127. The zero-order chi connectivity index (χ0) is 14.8. The second kappa shape index (κ2) is 4.56. The minimum atomic E-state index is 0.0540. The lowest BCUT2D eigenvalue weighted by Crippen LogP contribution is -2.15. The van der Waals surface area contributed by atoms with Crippen LogP contribution in [0.2, 0.25) is 0 Å². The summed E-state index contributed by atoms with van der Waals surface area (Å²) >= 11 is 6.27. The molecule has 0 heterocycles. The van der Waals surface area contributed by atoms with Crippen molar-refractivity contribution in [2.45, 2.75) is 19.3 Å². The molecule has 0 unspecified atom stereocenters. The molecule has 0 aliphatic heterocycles. The van der Waals surface area contributed by atoms with E-state index in [2.05, 4.69) is 101 Å². The Bertz CT molecular complexity index is 893. The van der Waals surface area contributed by atoms with Crippen molar-refractivity contribution in [3.05, 3.63) is 67.7 Å². The molecule has 0 aromatic heterocycles. The summed E-state index contributed by atoms with van der Waals surface area (Å²) in [6.45, 7) is 4.66. The fourth-order valence-corrected chi connectivity index (χ4v) is 4.74. The molecule has 0 fully saturated rings. The fourth-order valence-electron chi connectivity index (χ4n) is 3.46. The van der Waals surface area contributed by atoms with E-state index < -0.39 is 0 Å². The van der Waals surface area contributed by atoms with E-state index >= 15 is 0 Å². The maximum atomic E-state index is 3.87. The van der Waals surface area contributed by atoms with Crippen molar-refractivity contribution < 1.29 is 0 Å². The molecule has 21 heavy (non-hydrogen) atoms. The van der Waals surface area contributed by atoms with Gasteiger partial charge in [0, 0.05) is 19.0 Å². The van der Waals surface area contributed by atoms with Crippen LogP contribution in [0.3, 0.4) is 0 Å². The number of benzene rings is 3. The van der Waals surface area contributed by atoms with E-state index in [4.69, 9.17) is 0 Å². The molecule has 0 atom stereocenters. The Morgan fingerprint density at radius 2 is 1.71 bits per heavy atom. The zero-order valence-corrected chi connectivity index (χ0v) is 15.6. The van der Waals surface area contributed by atoms with Crippen LogP contribution in [0, 0.1) is 3.57 Å². The SMILES string of the molecule is CC1(C)c2cc(I)ccc2-c2c1cc1ccccc1c2Br.